The van der Waals surface area contributed by atoms with Gasteiger partial charge in [-0.1, -0.05) is 17.7 Å². The fourth-order valence-electron chi connectivity index (χ4n) is 2.20. The van der Waals surface area contributed by atoms with Crippen LogP contribution in [0.1, 0.15) is 6.42 Å². The van der Waals surface area contributed by atoms with E-state index >= 15 is 0 Å². The van der Waals surface area contributed by atoms with Crippen LogP contribution >= 0.6 is 11.6 Å². The molecule has 0 saturated carbocycles. The van der Waals surface area contributed by atoms with E-state index in [1.165, 1.54) is 19.2 Å². The summed E-state index contributed by atoms with van der Waals surface area (Å²) < 4.78 is 49.1. The van der Waals surface area contributed by atoms with E-state index in [2.05, 4.69) is 0 Å². The molecule has 1 atom stereocenters. The first-order valence-electron chi connectivity index (χ1n) is 5.87. The van der Waals surface area contributed by atoms with Gasteiger partial charge in [0.1, 0.15) is 4.90 Å². The van der Waals surface area contributed by atoms with Gasteiger partial charge in [0.25, 0.3) is 0 Å². The van der Waals surface area contributed by atoms with Gasteiger partial charge in [0.05, 0.1) is 22.2 Å². The van der Waals surface area contributed by atoms with Crippen molar-refractivity contribution in [1.82, 2.24) is 4.31 Å². The monoisotopic (exact) mass is 338 g/mol. The molecule has 1 fully saturated rings. The molecular formula is C11H15ClN2O4S2. The van der Waals surface area contributed by atoms with Crippen LogP contribution in [0.25, 0.3) is 0 Å². The van der Waals surface area contributed by atoms with Crippen molar-refractivity contribution in [3.05, 3.63) is 23.2 Å². The first-order valence-corrected chi connectivity index (χ1v) is 9.51. The Labute approximate surface area is 123 Å². The Morgan fingerprint density at radius 1 is 1.40 bits per heavy atom. The lowest BCUT2D eigenvalue weighted by molar-refractivity contribution is 0.394. The molecule has 0 radical (unpaired) electrons. The molecule has 2 rings (SSSR count). The second-order valence-electron chi connectivity index (χ2n) is 4.74. The molecule has 1 aromatic carbocycles. The Balaban J connectivity index is 2.41. The van der Waals surface area contributed by atoms with Gasteiger partial charge < -0.3 is 5.73 Å². The van der Waals surface area contributed by atoms with Crippen molar-refractivity contribution >= 4 is 37.1 Å². The zero-order chi connectivity index (χ0) is 15.1. The molecule has 2 N–H and O–H groups in total. The molecule has 1 saturated heterocycles. The summed E-state index contributed by atoms with van der Waals surface area (Å²) >= 11 is 5.92. The number of halogens is 1. The van der Waals surface area contributed by atoms with E-state index in [-0.39, 0.29) is 33.5 Å². The van der Waals surface area contributed by atoms with Gasteiger partial charge in [0.2, 0.25) is 10.0 Å². The van der Waals surface area contributed by atoms with Gasteiger partial charge in [-0.05, 0) is 18.6 Å². The number of nitrogens with two attached hydrogens (primary N) is 1. The maximum absolute atomic E-state index is 12.5. The summed E-state index contributed by atoms with van der Waals surface area (Å²) in [6, 6.07) is 3.85. The predicted molar refractivity (Wildman–Crippen MR) is 77.9 cm³/mol. The fraction of sp³-hybridized carbons (Fsp3) is 0.455. The Morgan fingerprint density at radius 2 is 2.05 bits per heavy atom. The Kier molecular flexibility index (Phi) is 4.03. The number of rotatable bonds is 3. The molecular weight excluding hydrogens is 324 g/mol. The first-order chi connectivity index (χ1) is 9.15. The number of anilines is 1. The Hall–Kier alpha value is -0.830. The summed E-state index contributed by atoms with van der Waals surface area (Å²) in [7, 11) is -5.74. The van der Waals surface area contributed by atoms with E-state index in [1.54, 1.807) is 6.07 Å². The van der Waals surface area contributed by atoms with Crippen LogP contribution in [-0.2, 0) is 19.9 Å². The van der Waals surface area contributed by atoms with E-state index in [0.29, 0.717) is 0 Å². The van der Waals surface area contributed by atoms with Crippen molar-refractivity contribution in [2.24, 2.45) is 0 Å². The molecule has 9 heteroatoms. The maximum Gasteiger partial charge on any atom is 0.246 e. The molecule has 1 aromatic rings. The van der Waals surface area contributed by atoms with Gasteiger partial charge in [0.15, 0.2) is 9.84 Å². The van der Waals surface area contributed by atoms with Gasteiger partial charge in [-0.25, -0.2) is 16.8 Å². The fourth-order valence-corrected chi connectivity index (χ4v) is 6.08. The predicted octanol–water partition coefficient (Wildman–Crippen LogP) is 0.730. The minimum atomic E-state index is -3.92. The van der Waals surface area contributed by atoms with Crippen molar-refractivity contribution in [1.29, 1.82) is 0 Å². The van der Waals surface area contributed by atoms with Gasteiger partial charge in [-0.15, -0.1) is 0 Å². The summed E-state index contributed by atoms with van der Waals surface area (Å²) in [4.78, 5) is -0.173. The van der Waals surface area contributed by atoms with Gasteiger partial charge in [0, 0.05) is 13.1 Å². The van der Waals surface area contributed by atoms with Crippen LogP contribution in [0.3, 0.4) is 0 Å². The van der Waals surface area contributed by atoms with Crippen molar-refractivity contribution < 1.29 is 16.8 Å². The van der Waals surface area contributed by atoms with Crippen LogP contribution in [0.4, 0.5) is 5.69 Å². The third-order valence-corrected chi connectivity index (χ3v) is 7.56. The maximum atomic E-state index is 12.5. The van der Waals surface area contributed by atoms with Crippen molar-refractivity contribution in [2.75, 3.05) is 24.3 Å². The molecule has 1 unspecified atom stereocenters. The van der Waals surface area contributed by atoms with E-state index in [1.807, 2.05) is 0 Å². The number of sulfonamides is 1. The van der Waals surface area contributed by atoms with Crippen molar-refractivity contribution in [3.63, 3.8) is 0 Å². The molecule has 0 aromatic heterocycles. The molecule has 1 aliphatic heterocycles. The summed E-state index contributed by atoms with van der Waals surface area (Å²) in [5.41, 5.74) is 5.74. The van der Waals surface area contributed by atoms with Gasteiger partial charge in [-0.3, -0.25) is 0 Å². The molecule has 1 aliphatic rings. The first kappa shape index (κ1) is 15.6. The number of nitrogen functional groups attached to an aromatic ring is 1. The molecule has 0 amide bonds. The normalized spacial score (nSPS) is 22.2. The molecule has 0 spiro atoms. The quantitative estimate of drug-likeness (QED) is 0.819. The van der Waals surface area contributed by atoms with Crippen LogP contribution in [0, 0.1) is 0 Å². The molecule has 0 bridgehead atoms. The van der Waals surface area contributed by atoms with E-state index in [9.17, 15) is 16.8 Å². The number of benzene rings is 1. The third-order valence-electron chi connectivity index (χ3n) is 3.36. The highest BCUT2D eigenvalue weighted by atomic mass is 35.5. The zero-order valence-electron chi connectivity index (χ0n) is 10.8. The Morgan fingerprint density at radius 3 is 2.55 bits per heavy atom. The second kappa shape index (κ2) is 5.18. The van der Waals surface area contributed by atoms with Crippen LogP contribution in [0.15, 0.2) is 23.1 Å². The van der Waals surface area contributed by atoms with E-state index in [4.69, 9.17) is 17.3 Å². The van der Waals surface area contributed by atoms with Crippen molar-refractivity contribution in [3.8, 4) is 0 Å². The molecule has 6 nitrogen and oxygen atoms in total. The van der Waals surface area contributed by atoms with Gasteiger partial charge in [-0.2, -0.15) is 4.31 Å². The molecule has 20 heavy (non-hydrogen) atoms. The summed E-state index contributed by atoms with van der Waals surface area (Å²) in [6.07, 6.45) is 0.280. The second-order valence-corrected chi connectivity index (χ2v) is 9.31. The topological polar surface area (TPSA) is 97.5 Å². The summed E-state index contributed by atoms with van der Waals surface area (Å²) in [6.45, 7) is 0. The van der Waals surface area contributed by atoms with Crippen LogP contribution in [0.2, 0.25) is 5.02 Å². The summed E-state index contributed by atoms with van der Waals surface area (Å²) in [5.74, 6) is -0.178. The average molecular weight is 339 g/mol. The average Bonchev–Trinajstić information content (AvgIpc) is 2.68. The minimum absolute atomic E-state index is 0.00443. The lowest BCUT2D eigenvalue weighted by Crippen LogP contribution is -2.38. The van der Waals surface area contributed by atoms with Crippen LogP contribution < -0.4 is 5.73 Å². The highest BCUT2D eigenvalue weighted by molar-refractivity contribution is 7.92. The standard InChI is InChI=1S/C11H15ClN2O4S2/c1-14(8-5-6-19(15,16)7-8)20(17,18)11-9(12)3-2-4-10(11)13/h2-4,8H,5-7,13H2,1H3. The van der Waals surface area contributed by atoms with Crippen molar-refractivity contribution in [2.45, 2.75) is 17.4 Å². The highest BCUT2D eigenvalue weighted by Gasteiger charge is 2.37. The molecule has 112 valence electrons. The number of sulfone groups is 1. The largest absolute Gasteiger partial charge is 0.398 e. The highest BCUT2D eigenvalue weighted by Crippen LogP contribution is 2.31. The number of hydrogen-bond donors (Lipinski definition) is 1. The van der Waals surface area contributed by atoms with Crippen LogP contribution in [0.5, 0.6) is 0 Å². The zero-order valence-corrected chi connectivity index (χ0v) is 13.2. The smallest absolute Gasteiger partial charge is 0.246 e. The number of hydrogen-bond acceptors (Lipinski definition) is 5. The number of nitrogens with zero attached hydrogens (tertiary/aromatic N) is 1. The minimum Gasteiger partial charge on any atom is -0.398 e. The van der Waals surface area contributed by atoms with Crippen LogP contribution in [-0.4, -0.2) is 45.7 Å². The van der Waals surface area contributed by atoms with E-state index < -0.39 is 25.9 Å². The van der Waals surface area contributed by atoms with Gasteiger partial charge >= 0.3 is 0 Å². The lowest BCUT2D eigenvalue weighted by atomic mass is 10.3. The SMILES string of the molecule is CN(C1CCS(=O)(=O)C1)S(=O)(=O)c1c(N)cccc1Cl. The molecule has 0 aliphatic carbocycles. The Bertz CT molecular complexity index is 711. The summed E-state index contributed by atoms with van der Waals surface area (Å²) in [5, 5.41) is 0.0257. The van der Waals surface area contributed by atoms with E-state index in [0.717, 1.165) is 4.31 Å². The lowest BCUT2D eigenvalue weighted by Gasteiger charge is -2.24. The molecule has 1 heterocycles. The third kappa shape index (κ3) is 2.78.